The van der Waals surface area contributed by atoms with E-state index in [0.717, 1.165) is 10.5 Å². The summed E-state index contributed by atoms with van der Waals surface area (Å²) in [5, 5.41) is 5.67. The summed E-state index contributed by atoms with van der Waals surface area (Å²) in [5.74, 6) is 1.31. The van der Waals surface area contributed by atoms with Crippen molar-refractivity contribution in [2.75, 3.05) is 18.7 Å². The lowest BCUT2D eigenvalue weighted by atomic mass is 10.2. The number of carbonyl (C=O) groups excluding carboxylic acids is 2. The Morgan fingerprint density at radius 2 is 1.71 bits per heavy atom. The first-order chi connectivity index (χ1) is 17.0. The number of rotatable bonds is 9. The number of ether oxygens (including phenoxy) is 1. The number of aryl methyl sites for hydroxylation is 1. The van der Waals surface area contributed by atoms with E-state index in [2.05, 4.69) is 15.6 Å². The highest BCUT2D eigenvalue weighted by Gasteiger charge is 2.15. The monoisotopic (exact) mass is 491 g/mol. The molecular weight excluding hydrogens is 466 g/mol. The van der Waals surface area contributed by atoms with Gasteiger partial charge in [-0.1, -0.05) is 0 Å². The number of hydrogen-bond donors (Lipinski definition) is 2. The van der Waals surface area contributed by atoms with Gasteiger partial charge in [-0.25, -0.2) is 4.98 Å². The van der Waals surface area contributed by atoms with Gasteiger partial charge in [-0.15, -0.1) is 11.8 Å². The molecule has 2 aromatic heterocycles. The summed E-state index contributed by atoms with van der Waals surface area (Å²) >= 11 is 1.62. The van der Waals surface area contributed by atoms with Crippen molar-refractivity contribution in [3.63, 3.8) is 0 Å². The molecule has 0 aliphatic heterocycles. The van der Waals surface area contributed by atoms with Crippen molar-refractivity contribution in [2.24, 2.45) is 0 Å². The summed E-state index contributed by atoms with van der Waals surface area (Å²) in [6, 6.07) is 17.8. The van der Waals surface area contributed by atoms with Crippen molar-refractivity contribution in [1.29, 1.82) is 0 Å². The highest BCUT2D eigenvalue weighted by atomic mass is 32.2. The van der Waals surface area contributed by atoms with Gasteiger partial charge in [0.2, 0.25) is 5.89 Å². The SMILES string of the molecule is COCc1ccc(C(=O)Nc2ccc(-c3nc(CNC(=O)c4ccc(SC)cc4)c(C)o3)cc2)o1. The predicted molar refractivity (Wildman–Crippen MR) is 133 cm³/mol. The van der Waals surface area contributed by atoms with Crippen LogP contribution < -0.4 is 10.6 Å². The van der Waals surface area contributed by atoms with Crippen LogP contribution in [0, 0.1) is 6.92 Å². The highest BCUT2D eigenvalue weighted by Crippen LogP contribution is 2.24. The van der Waals surface area contributed by atoms with Gasteiger partial charge in [0.25, 0.3) is 11.8 Å². The minimum atomic E-state index is -0.354. The first-order valence-electron chi connectivity index (χ1n) is 10.8. The van der Waals surface area contributed by atoms with Crippen molar-refractivity contribution in [3.05, 3.63) is 89.2 Å². The molecule has 9 heteroatoms. The van der Waals surface area contributed by atoms with Crippen LogP contribution in [0.5, 0.6) is 0 Å². The third kappa shape index (κ3) is 6.00. The number of nitrogens with one attached hydrogen (secondary N) is 2. The van der Waals surface area contributed by atoms with E-state index < -0.39 is 0 Å². The Morgan fingerprint density at radius 3 is 2.40 bits per heavy atom. The second-order valence-corrected chi connectivity index (χ2v) is 8.54. The largest absolute Gasteiger partial charge is 0.453 e. The van der Waals surface area contributed by atoms with Gasteiger partial charge in [-0.3, -0.25) is 9.59 Å². The van der Waals surface area contributed by atoms with Crippen LogP contribution in [0.3, 0.4) is 0 Å². The van der Waals surface area contributed by atoms with Crippen LogP contribution in [0.1, 0.15) is 38.1 Å². The van der Waals surface area contributed by atoms with Crippen molar-refractivity contribution in [3.8, 4) is 11.5 Å². The Morgan fingerprint density at radius 1 is 0.971 bits per heavy atom. The molecule has 4 aromatic rings. The number of amides is 2. The maximum atomic E-state index is 12.4. The van der Waals surface area contributed by atoms with E-state index in [4.69, 9.17) is 13.6 Å². The van der Waals surface area contributed by atoms with Crippen LogP contribution in [0.25, 0.3) is 11.5 Å². The fourth-order valence-electron chi connectivity index (χ4n) is 3.33. The zero-order chi connectivity index (χ0) is 24.8. The number of methoxy groups -OCH3 is 1. The molecule has 0 saturated carbocycles. The molecule has 180 valence electrons. The average Bonchev–Trinajstić information content (AvgIpc) is 3.50. The molecule has 0 atom stereocenters. The summed E-state index contributed by atoms with van der Waals surface area (Å²) in [5.41, 5.74) is 2.59. The average molecular weight is 492 g/mol. The molecular formula is C26H25N3O5S. The summed E-state index contributed by atoms with van der Waals surface area (Å²) < 4.78 is 16.3. The lowest BCUT2D eigenvalue weighted by molar-refractivity contribution is 0.0949. The molecule has 0 aliphatic rings. The molecule has 0 unspecified atom stereocenters. The van der Waals surface area contributed by atoms with Crippen LogP contribution in [-0.2, 0) is 17.9 Å². The number of anilines is 1. The fraction of sp³-hybridized carbons (Fsp3) is 0.192. The van der Waals surface area contributed by atoms with E-state index in [-0.39, 0.29) is 24.1 Å². The molecule has 2 aromatic carbocycles. The normalized spacial score (nSPS) is 10.8. The van der Waals surface area contributed by atoms with E-state index in [9.17, 15) is 9.59 Å². The van der Waals surface area contributed by atoms with Gasteiger partial charge in [0.15, 0.2) is 5.76 Å². The number of hydrogen-bond acceptors (Lipinski definition) is 7. The van der Waals surface area contributed by atoms with Gasteiger partial charge < -0.3 is 24.2 Å². The van der Waals surface area contributed by atoms with Crippen molar-refractivity contribution in [2.45, 2.75) is 25.0 Å². The van der Waals surface area contributed by atoms with E-state index in [0.29, 0.717) is 41.0 Å². The number of oxazole rings is 1. The Balaban J connectivity index is 1.37. The Labute approximate surface area is 207 Å². The molecule has 0 fully saturated rings. The van der Waals surface area contributed by atoms with Crippen LogP contribution in [0.2, 0.25) is 0 Å². The number of thioether (sulfide) groups is 1. The molecule has 0 spiro atoms. The maximum Gasteiger partial charge on any atom is 0.291 e. The molecule has 35 heavy (non-hydrogen) atoms. The second-order valence-electron chi connectivity index (χ2n) is 7.66. The summed E-state index contributed by atoms with van der Waals surface area (Å²) in [4.78, 5) is 30.5. The van der Waals surface area contributed by atoms with Gasteiger partial charge in [0, 0.05) is 28.8 Å². The second kappa shape index (κ2) is 11.1. The molecule has 0 aliphatic carbocycles. The van der Waals surface area contributed by atoms with Gasteiger partial charge in [-0.05, 0) is 73.8 Å². The smallest absolute Gasteiger partial charge is 0.291 e. The lowest BCUT2D eigenvalue weighted by Crippen LogP contribution is -2.23. The van der Waals surface area contributed by atoms with Crippen LogP contribution >= 0.6 is 11.8 Å². The summed E-state index contributed by atoms with van der Waals surface area (Å²) in [6.07, 6.45) is 1.99. The Kier molecular flexibility index (Phi) is 7.69. The van der Waals surface area contributed by atoms with Crippen molar-refractivity contribution >= 4 is 29.3 Å². The van der Waals surface area contributed by atoms with E-state index in [1.54, 1.807) is 74.3 Å². The molecule has 4 rings (SSSR count). The number of furan rings is 1. The van der Waals surface area contributed by atoms with Crippen LogP contribution in [0.15, 0.2) is 74.4 Å². The molecule has 2 heterocycles. The van der Waals surface area contributed by atoms with E-state index in [1.807, 2.05) is 18.4 Å². The number of nitrogens with zero attached hydrogens (tertiary/aromatic N) is 1. The Hall–Kier alpha value is -3.82. The lowest BCUT2D eigenvalue weighted by Gasteiger charge is -2.04. The number of benzene rings is 2. The van der Waals surface area contributed by atoms with Gasteiger partial charge in [0.05, 0.1) is 6.54 Å². The fourth-order valence-corrected chi connectivity index (χ4v) is 3.74. The third-order valence-electron chi connectivity index (χ3n) is 5.22. The molecule has 0 radical (unpaired) electrons. The molecule has 0 bridgehead atoms. The topological polar surface area (TPSA) is 107 Å². The van der Waals surface area contributed by atoms with Crippen LogP contribution in [0.4, 0.5) is 5.69 Å². The minimum Gasteiger partial charge on any atom is -0.453 e. The quantitative estimate of drug-likeness (QED) is 0.306. The summed E-state index contributed by atoms with van der Waals surface area (Å²) in [6.45, 7) is 2.36. The molecule has 2 N–H and O–H groups in total. The first-order valence-corrected chi connectivity index (χ1v) is 12.1. The van der Waals surface area contributed by atoms with E-state index in [1.165, 1.54) is 0 Å². The predicted octanol–water partition coefficient (Wildman–Crippen LogP) is 5.29. The third-order valence-corrected chi connectivity index (χ3v) is 5.97. The van der Waals surface area contributed by atoms with Gasteiger partial charge in [0.1, 0.15) is 23.8 Å². The van der Waals surface area contributed by atoms with Crippen molar-refractivity contribution < 1.29 is 23.2 Å². The zero-order valence-electron chi connectivity index (χ0n) is 19.6. The van der Waals surface area contributed by atoms with Crippen LogP contribution in [-0.4, -0.2) is 30.2 Å². The van der Waals surface area contributed by atoms with E-state index >= 15 is 0 Å². The Bertz CT molecular complexity index is 1310. The molecule has 0 saturated heterocycles. The van der Waals surface area contributed by atoms with Crippen molar-refractivity contribution in [1.82, 2.24) is 10.3 Å². The minimum absolute atomic E-state index is 0.174. The van der Waals surface area contributed by atoms with Gasteiger partial charge >= 0.3 is 0 Å². The highest BCUT2D eigenvalue weighted by molar-refractivity contribution is 7.98. The molecule has 2 amide bonds. The number of carbonyl (C=O) groups is 2. The van der Waals surface area contributed by atoms with Gasteiger partial charge in [-0.2, -0.15) is 0 Å². The maximum absolute atomic E-state index is 12.4. The summed E-state index contributed by atoms with van der Waals surface area (Å²) in [7, 11) is 1.56. The molecule has 8 nitrogen and oxygen atoms in total. The first kappa shape index (κ1) is 24.3. The standard InChI is InChI=1S/C26H25N3O5S/c1-16-22(14-27-24(30)17-6-11-21(35-3)12-7-17)29-26(33-16)18-4-8-19(9-5-18)28-25(31)23-13-10-20(34-23)15-32-2/h4-13H,14-15H2,1-3H3,(H,27,30)(H,28,31). The zero-order valence-corrected chi connectivity index (χ0v) is 20.4. The number of aromatic nitrogens is 1.